The van der Waals surface area contributed by atoms with Gasteiger partial charge in [-0.1, -0.05) is 17.7 Å². The van der Waals surface area contributed by atoms with E-state index in [0.29, 0.717) is 41.5 Å². The van der Waals surface area contributed by atoms with Crippen LogP contribution in [0.4, 0.5) is 20.2 Å². The van der Waals surface area contributed by atoms with Crippen LogP contribution < -0.4 is 10.6 Å². The van der Waals surface area contributed by atoms with Gasteiger partial charge in [0.1, 0.15) is 19.0 Å². The van der Waals surface area contributed by atoms with Crippen LogP contribution in [0.2, 0.25) is 5.02 Å². The fourth-order valence-electron chi connectivity index (χ4n) is 4.42. The first-order valence-electron chi connectivity index (χ1n) is 13.5. The van der Waals surface area contributed by atoms with Crippen molar-refractivity contribution in [3.63, 3.8) is 0 Å². The Morgan fingerprint density at radius 2 is 1.81 bits per heavy atom. The Kier molecular flexibility index (Phi) is 10.3. The smallest absolute Gasteiger partial charge is 0.338 e. The highest BCUT2D eigenvalue weighted by atomic mass is 35.5. The predicted octanol–water partition coefficient (Wildman–Crippen LogP) is 6.24. The van der Waals surface area contributed by atoms with Gasteiger partial charge in [-0.3, -0.25) is 14.5 Å². The number of hydrogen-bond donors (Lipinski definition) is 2. The number of nitrogens with zero attached hydrogens (tertiary/aromatic N) is 2. The fraction of sp³-hybridized carbons (Fsp3) is 0.400. The largest absolute Gasteiger partial charge is 0.456 e. The van der Waals surface area contributed by atoms with E-state index in [2.05, 4.69) is 15.6 Å². The van der Waals surface area contributed by atoms with E-state index < -0.39 is 36.9 Å². The minimum absolute atomic E-state index is 0.114. The molecule has 12 heteroatoms. The minimum Gasteiger partial charge on any atom is -0.456 e. The van der Waals surface area contributed by atoms with Gasteiger partial charge in [0.05, 0.1) is 17.3 Å². The van der Waals surface area contributed by atoms with Gasteiger partial charge in [-0.15, -0.1) is 11.3 Å². The Bertz CT molecular complexity index is 1440. The van der Waals surface area contributed by atoms with Gasteiger partial charge in [-0.2, -0.15) is 0 Å². The third-order valence-corrected chi connectivity index (χ3v) is 7.90. The van der Waals surface area contributed by atoms with Crippen molar-refractivity contribution in [3.05, 3.63) is 74.2 Å². The van der Waals surface area contributed by atoms with Crippen LogP contribution in [0.15, 0.2) is 42.5 Å². The zero-order chi connectivity index (χ0) is 30.4. The molecule has 1 aromatic heterocycles. The summed E-state index contributed by atoms with van der Waals surface area (Å²) in [5.74, 6) is -1.27. The Morgan fingerprint density at radius 1 is 1.10 bits per heavy atom. The van der Waals surface area contributed by atoms with E-state index in [9.17, 15) is 23.2 Å². The summed E-state index contributed by atoms with van der Waals surface area (Å²) in [6.45, 7) is 4.48. The standard InChI is InChI=1S/C30H33ClF2N4O4S/c1-30(2,3)41-29(40)19-5-4-18(6-11-26(38)34-21-9-7-20(31)8-10-21)24(14-19)35-27(39)28-36-23-12-13-37(17-25(23)42-28)22(15-32)16-33/h4-5,7-10,14,22H,6,11-13,15-17H2,1-3H3,(H,34,38)(H,35,39). The molecule has 0 saturated heterocycles. The van der Waals surface area contributed by atoms with E-state index in [1.54, 1.807) is 62.1 Å². The minimum atomic E-state index is -0.812. The number of alkyl halides is 2. The van der Waals surface area contributed by atoms with E-state index in [-0.39, 0.29) is 29.3 Å². The van der Waals surface area contributed by atoms with E-state index in [1.165, 1.54) is 17.4 Å². The number of rotatable bonds is 10. The van der Waals surface area contributed by atoms with Crippen LogP contribution in [0.3, 0.4) is 0 Å². The summed E-state index contributed by atoms with van der Waals surface area (Å²) >= 11 is 7.08. The van der Waals surface area contributed by atoms with Crippen molar-refractivity contribution in [2.45, 2.75) is 58.2 Å². The molecule has 0 bridgehead atoms. The zero-order valence-electron chi connectivity index (χ0n) is 23.6. The second-order valence-electron chi connectivity index (χ2n) is 11.0. The fourth-order valence-corrected chi connectivity index (χ4v) is 5.57. The maximum Gasteiger partial charge on any atom is 0.338 e. The monoisotopic (exact) mass is 618 g/mol. The van der Waals surface area contributed by atoms with Crippen molar-refractivity contribution in [1.82, 2.24) is 9.88 Å². The Hall–Kier alpha value is -3.41. The van der Waals surface area contributed by atoms with Crippen LogP contribution in [-0.4, -0.2) is 59.2 Å². The molecule has 0 aliphatic carbocycles. The van der Waals surface area contributed by atoms with Crippen molar-refractivity contribution in [3.8, 4) is 0 Å². The summed E-state index contributed by atoms with van der Waals surface area (Å²) in [4.78, 5) is 45.7. The lowest BCUT2D eigenvalue weighted by Crippen LogP contribution is -2.41. The number of esters is 1. The topological polar surface area (TPSA) is 101 Å². The first kappa shape index (κ1) is 31.5. The van der Waals surface area contributed by atoms with Gasteiger partial charge in [0.2, 0.25) is 5.91 Å². The van der Waals surface area contributed by atoms with E-state index >= 15 is 0 Å². The molecule has 2 amide bonds. The van der Waals surface area contributed by atoms with Gasteiger partial charge in [0.15, 0.2) is 5.01 Å². The molecule has 0 atom stereocenters. The Balaban J connectivity index is 1.52. The van der Waals surface area contributed by atoms with Crippen molar-refractivity contribution in [1.29, 1.82) is 0 Å². The molecule has 1 aliphatic heterocycles. The number of hydrogen-bond acceptors (Lipinski definition) is 7. The third kappa shape index (κ3) is 8.33. The second-order valence-corrected chi connectivity index (χ2v) is 12.5. The normalized spacial score (nSPS) is 13.5. The lowest BCUT2D eigenvalue weighted by atomic mass is 10.0. The molecule has 224 valence electrons. The second kappa shape index (κ2) is 13.7. The first-order chi connectivity index (χ1) is 20.0. The molecule has 0 unspecified atom stereocenters. The first-order valence-corrected chi connectivity index (χ1v) is 14.7. The summed E-state index contributed by atoms with van der Waals surface area (Å²) in [7, 11) is 0. The molecule has 3 aromatic rings. The van der Waals surface area contributed by atoms with Gasteiger partial charge in [-0.05, 0) is 69.2 Å². The number of aromatic nitrogens is 1. The van der Waals surface area contributed by atoms with Gasteiger partial charge >= 0.3 is 5.97 Å². The Morgan fingerprint density at radius 3 is 2.48 bits per heavy atom. The molecule has 42 heavy (non-hydrogen) atoms. The van der Waals surface area contributed by atoms with E-state index in [1.807, 2.05) is 0 Å². The molecular weight excluding hydrogens is 586 g/mol. The number of carbonyl (C=O) groups is 3. The lowest BCUT2D eigenvalue weighted by Gasteiger charge is -2.30. The van der Waals surface area contributed by atoms with Crippen LogP contribution in [0.1, 0.15) is 63.5 Å². The molecule has 0 radical (unpaired) electrons. The number of thiazole rings is 1. The SMILES string of the molecule is CC(C)(C)OC(=O)c1ccc(CCC(=O)Nc2ccc(Cl)cc2)c(NC(=O)c2nc3c(s2)CN(C(CF)CF)CC3)c1. The average Bonchev–Trinajstić information content (AvgIpc) is 3.37. The van der Waals surface area contributed by atoms with Crippen LogP contribution >= 0.6 is 22.9 Å². The highest BCUT2D eigenvalue weighted by Gasteiger charge is 2.28. The molecule has 4 rings (SSSR count). The number of carbonyl (C=O) groups excluding carboxylic acids is 3. The number of nitrogens with one attached hydrogen (secondary N) is 2. The molecule has 0 saturated carbocycles. The molecule has 2 aromatic carbocycles. The number of ether oxygens (including phenoxy) is 1. The molecule has 2 N–H and O–H groups in total. The van der Waals surface area contributed by atoms with Crippen molar-refractivity contribution in [2.24, 2.45) is 0 Å². The summed E-state index contributed by atoms with van der Waals surface area (Å²) < 4.78 is 31.9. The van der Waals surface area contributed by atoms with Crippen LogP contribution in [0, 0.1) is 0 Å². The number of anilines is 2. The van der Waals surface area contributed by atoms with Crippen molar-refractivity contribution >= 4 is 52.1 Å². The molecule has 1 aliphatic rings. The van der Waals surface area contributed by atoms with Crippen molar-refractivity contribution in [2.75, 3.05) is 30.5 Å². The number of halogens is 3. The van der Waals surface area contributed by atoms with Gasteiger partial charge in [0, 0.05) is 47.2 Å². The summed E-state index contributed by atoms with van der Waals surface area (Å²) in [6.07, 6.45) is 0.876. The summed E-state index contributed by atoms with van der Waals surface area (Å²) in [5.41, 5.74) is 1.87. The molecular formula is C30H33ClF2N4O4S. The molecule has 8 nitrogen and oxygen atoms in total. The predicted molar refractivity (Wildman–Crippen MR) is 160 cm³/mol. The van der Waals surface area contributed by atoms with Crippen LogP contribution in [-0.2, 0) is 28.9 Å². The summed E-state index contributed by atoms with van der Waals surface area (Å²) in [6, 6.07) is 10.7. The highest BCUT2D eigenvalue weighted by Crippen LogP contribution is 2.28. The lowest BCUT2D eigenvalue weighted by molar-refractivity contribution is -0.116. The highest BCUT2D eigenvalue weighted by molar-refractivity contribution is 7.13. The molecule has 0 spiro atoms. The number of aryl methyl sites for hydroxylation is 1. The van der Waals surface area contributed by atoms with E-state index in [4.69, 9.17) is 16.3 Å². The number of benzene rings is 2. The maximum atomic E-state index is 13.3. The van der Waals surface area contributed by atoms with E-state index in [0.717, 1.165) is 10.6 Å². The maximum absolute atomic E-state index is 13.3. The zero-order valence-corrected chi connectivity index (χ0v) is 25.2. The third-order valence-electron chi connectivity index (χ3n) is 6.57. The molecule has 0 fully saturated rings. The Labute approximate surface area is 252 Å². The van der Waals surface area contributed by atoms with Gasteiger partial charge in [0.25, 0.3) is 5.91 Å². The van der Waals surface area contributed by atoms with Gasteiger partial charge < -0.3 is 15.4 Å². The number of amides is 2. The quantitative estimate of drug-likeness (QED) is 0.261. The number of fused-ring (bicyclic) bond motifs is 1. The van der Waals surface area contributed by atoms with Crippen molar-refractivity contribution < 1.29 is 27.9 Å². The van der Waals surface area contributed by atoms with Crippen LogP contribution in [0.5, 0.6) is 0 Å². The molecule has 2 heterocycles. The average molecular weight is 619 g/mol. The summed E-state index contributed by atoms with van der Waals surface area (Å²) in [5, 5.41) is 6.42. The van der Waals surface area contributed by atoms with Gasteiger partial charge in [-0.25, -0.2) is 18.6 Å². The van der Waals surface area contributed by atoms with Crippen LogP contribution in [0.25, 0.3) is 0 Å².